The Morgan fingerprint density at radius 3 is 2.12 bits per heavy atom. The molecule has 0 saturated carbocycles. The number of nitrogens with zero attached hydrogens (tertiary/aromatic N) is 6. The molecule has 178 valence electrons. The second-order valence-corrected chi connectivity index (χ2v) is 7.16. The van der Waals surface area contributed by atoms with Gasteiger partial charge in [0.2, 0.25) is 5.88 Å². The van der Waals surface area contributed by atoms with E-state index in [-0.39, 0.29) is 34.2 Å². The second-order valence-electron chi connectivity index (χ2n) is 7.16. The SMILES string of the molecule is C[C@@H](c1cc(C(F)(F)F)cc(C(F)(F)F)c1)n1ncc2nc(-n3cc(C(=O)O)cn3)nc(O)c21. The van der Waals surface area contributed by atoms with Gasteiger partial charge in [-0.25, -0.2) is 14.5 Å². The van der Waals surface area contributed by atoms with E-state index in [2.05, 4.69) is 20.2 Å². The van der Waals surface area contributed by atoms with Gasteiger partial charge in [-0.3, -0.25) is 4.68 Å². The van der Waals surface area contributed by atoms with Crippen LogP contribution in [0.1, 0.15) is 40.0 Å². The molecule has 0 spiro atoms. The van der Waals surface area contributed by atoms with Crippen LogP contribution in [-0.2, 0) is 12.4 Å². The summed E-state index contributed by atoms with van der Waals surface area (Å²) in [4.78, 5) is 18.9. The van der Waals surface area contributed by atoms with Crippen LogP contribution in [0.25, 0.3) is 17.0 Å². The van der Waals surface area contributed by atoms with Crippen LogP contribution in [0.2, 0.25) is 0 Å². The van der Waals surface area contributed by atoms with Gasteiger partial charge >= 0.3 is 18.3 Å². The number of carboxylic acids is 1. The lowest BCUT2D eigenvalue weighted by atomic mass is 10.0. The Morgan fingerprint density at radius 1 is 0.971 bits per heavy atom. The molecule has 34 heavy (non-hydrogen) atoms. The van der Waals surface area contributed by atoms with Crippen LogP contribution in [0.5, 0.6) is 5.88 Å². The summed E-state index contributed by atoms with van der Waals surface area (Å²) >= 11 is 0. The first-order chi connectivity index (χ1) is 15.8. The fourth-order valence-electron chi connectivity index (χ4n) is 3.23. The van der Waals surface area contributed by atoms with E-state index in [1.54, 1.807) is 0 Å². The highest BCUT2D eigenvalue weighted by molar-refractivity contribution is 5.87. The van der Waals surface area contributed by atoms with Crippen LogP contribution in [0.3, 0.4) is 0 Å². The van der Waals surface area contributed by atoms with Crippen molar-refractivity contribution in [2.45, 2.75) is 25.3 Å². The third-order valence-electron chi connectivity index (χ3n) is 4.91. The van der Waals surface area contributed by atoms with Gasteiger partial charge in [0.1, 0.15) is 11.0 Å². The van der Waals surface area contributed by atoms with Crippen molar-refractivity contribution < 1.29 is 41.4 Å². The van der Waals surface area contributed by atoms with Crippen LogP contribution < -0.4 is 0 Å². The number of carboxylic acid groups (broad SMARTS) is 1. The normalized spacial score (nSPS) is 13.4. The predicted molar refractivity (Wildman–Crippen MR) is 101 cm³/mol. The zero-order chi connectivity index (χ0) is 25.0. The fraction of sp³-hybridized carbons (Fsp3) is 0.211. The molecule has 3 aromatic heterocycles. The topological polar surface area (TPSA) is 119 Å². The highest BCUT2D eigenvalue weighted by atomic mass is 19.4. The van der Waals surface area contributed by atoms with E-state index in [0.717, 1.165) is 28.0 Å². The average Bonchev–Trinajstić information content (AvgIpc) is 3.39. The summed E-state index contributed by atoms with van der Waals surface area (Å²) in [5.41, 5.74) is -3.70. The first-order valence-electron chi connectivity index (χ1n) is 9.27. The summed E-state index contributed by atoms with van der Waals surface area (Å²) in [5.74, 6) is -2.19. The molecule has 4 aromatic rings. The van der Waals surface area contributed by atoms with Crippen molar-refractivity contribution in [3.8, 4) is 11.8 Å². The molecule has 0 radical (unpaired) electrons. The summed E-state index contributed by atoms with van der Waals surface area (Å²) in [6, 6.07) is -0.0439. The number of halogens is 6. The van der Waals surface area contributed by atoms with Gasteiger partial charge in [0.15, 0.2) is 0 Å². The zero-order valence-corrected chi connectivity index (χ0v) is 16.8. The molecular formula is C19H12F6N6O3. The number of alkyl halides is 6. The Labute approximate surface area is 184 Å². The van der Waals surface area contributed by atoms with Crippen LogP contribution in [-0.4, -0.2) is 45.7 Å². The highest BCUT2D eigenvalue weighted by Crippen LogP contribution is 2.38. The van der Waals surface area contributed by atoms with E-state index < -0.39 is 41.4 Å². The van der Waals surface area contributed by atoms with E-state index in [1.807, 2.05) is 0 Å². The summed E-state index contributed by atoms with van der Waals surface area (Å²) in [6.07, 6.45) is -6.83. The number of benzene rings is 1. The number of hydrogen-bond acceptors (Lipinski definition) is 6. The summed E-state index contributed by atoms with van der Waals surface area (Å²) in [7, 11) is 0. The molecule has 0 bridgehead atoms. The van der Waals surface area contributed by atoms with Crippen molar-refractivity contribution in [3.05, 3.63) is 59.0 Å². The number of aromatic carboxylic acids is 1. The molecule has 0 fully saturated rings. The Hall–Kier alpha value is -4.17. The number of aromatic nitrogens is 6. The van der Waals surface area contributed by atoms with Crippen LogP contribution >= 0.6 is 0 Å². The molecule has 0 aliphatic heterocycles. The summed E-state index contributed by atoms with van der Waals surface area (Å²) in [5, 5.41) is 27.1. The predicted octanol–water partition coefficient (Wildman–Crippen LogP) is 4.06. The van der Waals surface area contributed by atoms with Crippen LogP contribution in [0.15, 0.2) is 36.8 Å². The highest BCUT2D eigenvalue weighted by Gasteiger charge is 2.37. The average molecular weight is 486 g/mol. The largest absolute Gasteiger partial charge is 0.492 e. The van der Waals surface area contributed by atoms with Gasteiger partial charge in [-0.05, 0) is 30.7 Å². The molecule has 2 N–H and O–H groups in total. The fourth-order valence-corrected chi connectivity index (χ4v) is 3.23. The number of hydrogen-bond donors (Lipinski definition) is 2. The van der Waals surface area contributed by atoms with Gasteiger partial charge in [-0.2, -0.15) is 41.5 Å². The van der Waals surface area contributed by atoms with Crippen LogP contribution in [0, 0.1) is 0 Å². The minimum Gasteiger partial charge on any atom is -0.492 e. The lowest BCUT2D eigenvalue weighted by molar-refractivity contribution is -0.143. The van der Waals surface area contributed by atoms with Crippen molar-refractivity contribution in [2.75, 3.05) is 0 Å². The van der Waals surface area contributed by atoms with Gasteiger partial charge in [-0.15, -0.1) is 0 Å². The Kier molecular flexibility index (Phi) is 5.21. The first-order valence-corrected chi connectivity index (χ1v) is 9.27. The molecule has 1 aromatic carbocycles. The molecule has 3 heterocycles. The standard InChI is InChI=1S/C19H12F6N6O3/c1-8(9-2-11(18(20,21)22)4-12(3-9)19(23,24)25)31-14-13(6-27-31)28-17(29-15(14)32)30-7-10(5-26-30)16(33)34/h2-8H,1H3,(H,33,34)(H,28,29,32)/t8-/m0/s1. The minimum absolute atomic E-state index is 0.00949. The number of aromatic hydroxyl groups is 1. The molecule has 9 nitrogen and oxygen atoms in total. The molecule has 0 aliphatic rings. The van der Waals surface area contributed by atoms with E-state index >= 15 is 0 Å². The van der Waals surface area contributed by atoms with Gasteiger partial charge in [0.05, 0.1) is 35.1 Å². The molecule has 4 rings (SSSR count). The van der Waals surface area contributed by atoms with Crippen LogP contribution in [0.4, 0.5) is 26.3 Å². The summed E-state index contributed by atoms with van der Waals surface area (Å²) < 4.78 is 81.3. The zero-order valence-electron chi connectivity index (χ0n) is 16.8. The lowest BCUT2D eigenvalue weighted by Gasteiger charge is -2.19. The van der Waals surface area contributed by atoms with Crippen molar-refractivity contribution >= 4 is 17.0 Å². The monoisotopic (exact) mass is 486 g/mol. The Bertz CT molecular complexity index is 1380. The van der Waals surface area contributed by atoms with E-state index in [4.69, 9.17) is 5.11 Å². The Morgan fingerprint density at radius 2 is 1.59 bits per heavy atom. The maximum atomic E-state index is 13.2. The third kappa shape index (κ3) is 4.11. The molecule has 0 amide bonds. The molecule has 0 aliphatic carbocycles. The van der Waals surface area contributed by atoms with Gasteiger partial charge in [0.25, 0.3) is 5.95 Å². The molecular weight excluding hydrogens is 474 g/mol. The van der Waals surface area contributed by atoms with Gasteiger partial charge < -0.3 is 10.2 Å². The van der Waals surface area contributed by atoms with Crippen molar-refractivity contribution in [1.29, 1.82) is 0 Å². The molecule has 1 atom stereocenters. The lowest BCUT2D eigenvalue weighted by Crippen LogP contribution is -2.15. The number of fused-ring (bicyclic) bond motifs is 1. The van der Waals surface area contributed by atoms with E-state index in [0.29, 0.717) is 12.1 Å². The minimum atomic E-state index is -5.03. The second kappa shape index (κ2) is 7.71. The molecule has 0 unspecified atom stereocenters. The van der Waals surface area contributed by atoms with Gasteiger partial charge in [-0.1, -0.05) is 0 Å². The quantitative estimate of drug-likeness (QED) is 0.418. The molecule has 0 saturated heterocycles. The van der Waals surface area contributed by atoms with Crippen molar-refractivity contribution in [1.82, 2.24) is 29.5 Å². The van der Waals surface area contributed by atoms with Crippen molar-refractivity contribution in [3.63, 3.8) is 0 Å². The van der Waals surface area contributed by atoms with Gasteiger partial charge in [0, 0.05) is 6.20 Å². The number of rotatable bonds is 4. The maximum absolute atomic E-state index is 13.2. The Balaban J connectivity index is 1.81. The first kappa shape index (κ1) is 23.0. The summed E-state index contributed by atoms with van der Waals surface area (Å²) in [6.45, 7) is 1.29. The van der Waals surface area contributed by atoms with E-state index in [1.165, 1.54) is 6.92 Å². The third-order valence-corrected chi connectivity index (χ3v) is 4.91. The molecule has 15 heteroatoms. The smallest absolute Gasteiger partial charge is 0.416 e. The number of carbonyl (C=O) groups is 1. The maximum Gasteiger partial charge on any atom is 0.416 e. The van der Waals surface area contributed by atoms with Crippen molar-refractivity contribution in [2.24, 2.45) is 0 Å². The van der Waals surface area contributed by atoms with E-state index in [9.17, 15) is 36.2 Å².